The Labute approximate surface area is 114 Å². The highest BCUT2D eigenvalue weighted by atomic mass is 35.5. The van der Waals surface area contributed by atoms with Crippen molar-refractivity contribution in [3.05, 3.63) is 29.8 Å². The molecule has 1 amide bonds. The topological polar surface area (TPSA) is 29.1 Å². The van der Waals surface area contributed by atoms with Gasteiger partial charge in [0.25, 0.3) is 0 Å². The van der Waals surface area contributed by atoms with Crippen molar-refractivity contribution in [1.29, 1.82) is 0 Å². The van der Waals surface area contributed by atoms with Gasteiger partial charge in [-0.05, 0) is 22.5 Å². The van der Waals surface area contributed by atoms with Gasteiger partial charge in [0, 0.05) is 17.5 Å². The van der Waals surface area contributed by atoms with E-state index in [0.717, 1.165) is 11.3 Å². The zero-order chi connectivity index (χ0) is 13.6. The first-order chi connectivity index (χ1) is 8.32. The summed E-state index contributed by atoms with van der Waals surface area (Å²) < 4.78 is 0. The summed E-state index contributed by atoms with van der Waals surface area (Å²) in [4.78, 5) is 12.3. The van der Waals surface area contributed by atoms with Crippen molar-refractivity contribution in [3.63, 3.8) is 0 Å². The number of halogens is 1. The Morgan fingerprint density at radius 1 is 1.22 bits per heavy atom. The van der Waals surface area contributed by atoms with Gasteiger partial charge in [0.15, 0.2) is 0 Å². The molecule has 2 rings (SSSR count). The molecular formula is C15H20ClNO. The van der Waals surface area contributed by atoms with E-state index in [1.807, 2.05) is 24.3 Å². The summed E-state index contributed by atoms with van der Waals surface area (Å²) >= 11 is 5.87. The molecule has 1 aromatic carbocycles. The van der Waals surface area contributed by atoms with E-state index in [0.29, 0.717) is 5.88 Å². The summed E-state index contributed by atoms with van der Waals surface area (Å²) in [5.74, 6) is 0.574. The van der Waals surface area contributed by atoms with Gasteiger partial charge < -0.3 is 5.32 Å². The van der Waals surface area contributed by atoms with Crippen LogP contribution in [0.3, 0.4) is 0 Å². The van der Waals surface area contributed by atoms with Crippen molar-refractivity contribution in [3.8, 4) is 0 Å². The van der Waals surface area contributed by atoms with E-state index in [4.69, 9.17) is 11.6 Å². The van der Waals surface area contributed by atoms with Crippen molar-refractivity contribution < 1.29 is 4.79 Å². The van der Waals surface area contributed by atoms with Crippen molar-refractivity contribution in [2.75, 3.05) is 5.32 Å². The van der Waals surface area contributed by atoms with Crippen LogP contribution in [0.2, 0.25) is 0 Å². The first kappa shape index (κ1) is 13.4. The molecule has 0 radical (unpaired) electrons. The van der Waals surface area contributed by atoms with Gasteiger partial charge in [0.05, 0.1) is 0 Å². The van der Waals surface area contributed by atoms with E-state index < -0.39 is 0 Å². The number of anilines is 1. The van der Waals surface area contributed by atoms with Crippen LogP contribution in [0.15, 0.2) is 24.3 Å². The predicted octanol–water partition coefficient (Wildman–Crippen LogP) is 4.05. The molecule has 0 aromatic heterocycles. The lowest BCUT2D eigenvalue weighted by atomic mass is 10.0. The molecule has 1 aliphatic carbocycles. The van der Waals surface area contributed by atoms with E-state index in [1.54, 1.807) is 0 Å². The average molecular weight is 266 g/mol. The van der Waals surface area contributed by atoms with Gasteiger partial charge in [-0.25, -0.2) is 0 Å². The minimum Gasteiger partial charge on any atom is -0.326 e. The Hall–Kier alpha value is -1.02. The number of rotatable bonds is 3. The molecule has 3 heteroatoms. The Bertz CT molecular complexity index is 465. The normalized spacial score (nSPS) is 20.5. The van der Waals surface area contributed by atoms with Crippen LogP contribution in [0.5, 0.6) is 0 Å². The minimum absolute atomic E-state index is 0.0625. The number of alkyl halides is 1. The lowest BCUT2D eigenvalue weighted by Gasteiger charge is -2.10. The van der Waals surface area contributed by atoms with E-state index in [2.05, 4.69) is 33.0 Å². The predicted molar refractivity (Wildman–Crippen MR) is 75.7 cm³/mol. The summed E-state index contributed by atoms with van der Waals surface area (Å²) in [5, 5.41) is 3.01. The summed E-state index contributed by atoms with van der Waals surface area (Å²) in [5.41, 5.74) is 1.92. The van der Waals surface area contributed by atoms with Crippen LogP contribution in [0.4, 0.5) is 5.69 Å². The van der Waals surface area contributed by atoms with Gasteiger partial charge in [-0.2, -0.15) is 0 Å². The second-order valence-electron chi connectivity index (χ2n) is 6.16. The second kappa shape index (κ2) is 4.27. The summed E-state index contributed by atoms with van der Waals surface area (Å²) in [7, 11) is 0. The minimum atomic E-state index is 0.0625. The third-order valence-corrected chi connectivity index (χ3v) is 4.99. The standard InChI is InChI=1S/C15H20ClNO/c1-14(2)12(15(14,3)4)13(18)17-11-8-6-5-7-10(11)9-16/h5-8,12H,9H2,1-4H3,(H,17,18). The molecule has 1 N–H and O–H groups in total. The molecule has 1 fully saturated rings. The average Bonchev–Trinajstić information content (AvgIpc) is 2.70. The number of benzene rings is 1. The van der Waals surface area contributed by atoms with Gasteiger partial charge in [-0.1, -0.05) is 45.9 Å². The first-order valence-electron chi connectivity index (χ1n) is 6.27. The fraction of sp³-hybridized carbons (Fsp3) is 0.533. The molecule has 2 nitrogen and oxygen atoms in total. The Morgan fingerprint density at radius 3 is 2.28 bits per heavy atom. The Balaban J connectivity index is 2.14. The monoisotopic (exact) mass is 265 g/mol. The molecule has 18 heavy (non-hydrogen) atoms. The van der Waals surface area contributed by atoms with Crippen LogP contribution in [0, 0.1) is 16.7 Å². The summed E-state index contributed by atoms with van der Waals surface area (Å²) in [6, 6.07) is 7.68. The SMILES string of the molecule is CC1(C)C(C(=O)Nc2ccccc2CCl)C1(C)C. The van der Waals surface area contributed by atoms with Crippen LogP contribution in [-0.2, 0) is 10.7 Å². The van der Waals surface area contributed by atoms with Gasteiger partial charge in [-0.15, -0.1) is 11.6 Å². The zero-order valence-electron chi connectivity index (χ0n) is 11.4. The molecule has 0 aliphatic heterocycles. The summed E-state index contributed by atoms with van der Waals surface area (Å²) in [6.45, 7) is 8.57. The van der Waals surface area contributed by atoms with E-state index in [9.17, 15) is 4.79 Å². The largest absolute Gasteiger partial charge is 0.326 e. The van der Waals surface area contributed by atoms with Gasteiger partial charge in [0.2, 0.25) is 5.91 Å². The molecule has 1 saturated carbocycles. The quantitative estimate of drug-likeness (QED) is 0.821. The molecule has 0 atom stereocenters. The molecule has 1 aliphatic rings. The van der Waals surface area contributed by atoms with Gasteiger partial charge >= 0.3 is 0 Å². The highest BCUT2D eigenvalue weighted by Gasteiger charge is 2.68. The number of carbonyl (C=O) groups excluding carboxylic acids is 1. The van der Waals surface area contributed by atoms with Crippen molar-refractivity contribution in [1.82, 2.24) is 0 Å². The number of carbonyl (C=O) groups is 1. The van der Waals surface area contributed by atoms with E-state index >= 15 is 0 Å². The molecule has 0 saturated heterocycles. The van der Waals surface area contributed by atoms with Gasteiger partial charge in [0.1, 0.15) is 0 Å². The number of hydrogen-bond donors (Lipinski definition) is 1. The summed E-state index contributed by atoms with van der Waals surface area (Å²) in [6.07, 6.45) is 0. The molecule has 1 aromatic rings. The van der Waals surface area contributed by atoms with Crippen LogP contribution in [0.1, 0.15) is 33.3 Å². The fourth-order valence-electron chi connectivity index (χ4n) is 2.82. The zero-order valence-corrected chi connectivity index (χ0v) is 12.1. The van der Waals surface area contributed by atoms with Crippen LogP contribution in [0.25, 0.3) is 0 Å². The molecule has 0 spiro atoms. The lowest BCUT2D eigenvalue weighted by Crippen LogP contribution is -2.18. The first-order valence-corrected chi connectivity index (χ1v) is 6.80. The van der Waals surface area contributed by atoms with E-state index in [-0.39, 0.29) is 22.7 Å². The Kier molecular flexibility index (Phi) is 3.18. The van der Waals surface area contributed by atoms with Crippen molar-refractivity contribution in [2.24, 2.45) is 16.7 Å². The maximum Gasteiger partial charge on any atom is 0.228 e. The highest BCUT2D eigenvalue weighted by Crippen LogP contribution is 2.68. The third-order valence-electron chi connectivity index (χ3n) is 4.70. The van der Waals surface area contributed by atoms with E-state index in [1.165, 1.54) is 0 Å². The maximum absolute atomic E-state index is 12.3. The fourth-order valence-corrected chi connectivity index (χ4v) is 3.05. The Morgan fingerprint density at radius 2 is 1.78 bits per heavy atom. The second-order valence-corrected chi connectivity index (χ2v) is 6.42. The molecule has 0 bridgehead atoms. The van der Waals surface area contributed by atoms with Crippen molar-refractivity contribution in [2.45, 2.75) is 33.6 Å². The van der Waals surface area contributed by atoms with Crippen LogP contribution >= 0.6 is 11.6 Å². The number of amides is 1. The smallest absolute Gasteiger partial charge is 0.228 e. The van der Waals surface area contributed by atoms with Crippen molar-refractivity contribution >= 4 is 23.2 Å². The molecular weight excluding hydrogens is 246 g/mol. The maximum atomic E-state index is 12.3. The third kappa shape index (κ3) is 1.93. The number of hydrogen-bond acceptors (Lipinski definition) is 1. The van der Waals surface area contributed by atoms with Gasteiger partial charge in [-0.3, -0.25) is 4.79 Å². The number of para-hydroxylation sites is 1. The van der Waals surface area contributed by atoms with Crippen LogP contribution < -0.4 is 5.32 Å². The molecule has 0 unspecified atom stereocenters. The molecule has 0 heterocycles. The number of nitrogens with one attached hydrogen (secondary N) is 1. The lowest BCUT2D eigenvalue weighted by molar-refractivity contribution is -0.118. The highest BCUT2D eigenvalue weighted by molar-refractivity contribution is 6.17. The van der Waals surface area contributed by atoms with Crippen LogP contribution in [-0.4, -0.2) is 5.91 Å². The molecule has 98 valence electrons.